The lowest BCUT2D eigenvalue weighted by Gasteiger charge is -2.30. The summed E-state index contributed by atoms with van der Waals surface area (Å²) in [5, 5.41) is 12.5. The molecule has 0 aliphatic carbocycles. The Kier molecular flexibility index (Phi) is 4.12. The number of carboxylic acids is 1. The molecule has 1 unspecified atom stereocenters. The van der Waals surface area contributed by atoms with Crippen LogP contribution in [0.15, 0.2) is 48.5 Å². The van der Waals surface area contributed by atoms with Crippen LogP contribution in [-0.4, -0.2) is 23.8 Å². The number of fused-ring (bicyclic) bond motifs is 1. The fraction of sp³-hybridized carbons (Fsp3) is 0.222. The quantitative estimate of drug-likeness (QED) is 0.881. The van der Waals surface area contributed by atoms with Crippen LogP contribution in [0.25, 0.3) is 0 Å². The second-order valence-electron chi connectivity index (χ2n) is 5.42. The minimum Gasteiger partial charge on any atom is -0.479 e. The maximum atomic E-state index is 12.7. The Balaban J connectivity index is 1.99. The van der Waals surface area contributed by atoms with Crippen molar-refractivity contribution in [1.82, 2.24) is 5.32 Å². The second-order valence-corrected chi connectivity index (χ2v) is 5.42. The van der Waals surface area contributed by atoms with E-state index in [4.69, 9.17) is 9.47 Å². The Morgan fingerprint density at radius 2 is 1.88 bits per heavy atom. The molecule has 24 heavy (non-hydrogen) atoms. The van der Waals surface area contributed by atoms with Crippen molar-refractivity contribution in [3.05, 3.63) is 59.7 Å². The van der Waals surface area contributed by atoms with Crippen LogP contribution in [-0.2, 0) is 10.3 Å². The van der Waals surface area contributed by atoms with E-state index < -0.39 is 17.4 Å². The molecule has 0 radical (unpaired) electrons. The van der Waals surface area contributed by atoms with Crippen molar-refractivity contribution in [3.63, 3.8) is 0 Å². The molecule has 3 rings (SSSR count). The van der Waals surface area contributed by atoms with Gasteiger partial charge in [-0.05, 0) is 24.1 Å². The van der Waals surface area contributed by atoms with Crippen molar-refractivity contribution in [2.75, 3.05) is 6.79 Å². The molecule has 0 spiro atoms. The van der Waals surface area contributed by atoms with Crippen molar-refractivity contribution in [2.24, 2.45) is 0 Å². The molecule has 1 aliphatic rings. The third-order valence-electron chi connectivity index (χ3n) is 4.13. The average molecular weight is 327 g/mol. The number of aliphatic carboxylic acids is 1. The van der Waals surface area contributed by atoms with Gasteiger partial charge in [-0.3, -0.25) is 4.79 Å². The van der Waals surface area contributed by atoms with Gasteiger partial charge in [0.15, 0.2) is 17.0 Å². The molecular formula is C18H17NO5. The topological polar surface area (TPSA) is 84.9 Å². The first-order valence-electron chi connectivity index (χ1n) is 7.58. The Morgan fingerprint density at radius 3 is 2.54 bits per heavy atom. The van der Waals surface area contributed by atoms with Crippen LogP contribution in [0.3, 0.4) is 0 Å². The molecule has 2 N–H and O–H groups in total. The lowest BCUT2D eigenvalue weighted by molar-refractivity contribution is -0.145. The number of benzene rings is 2. The van der Waals surface area contributed by atoms with Crippen LogP contribution in [0.1, 0.15) is 29.3 Å². The van der Waals surface area contributed by atoms with Gasteiger partial charge in [0.05, 0.1) is 5.56 Å². The van der Waals surface area contributed by atoms with E-state index in [9.17, 15) is 14.7 Å². The number of carboxylic acid groups (broad SMARTS) is 1. The molecule has 0 aromatic heterocycles. The van der Waals surface area contributed by atoms with Crippen molar-refractivity contribution >= 4 is 11.9 Å². The molecule has 2 aromatic rings. The van der Waals surface area contributed by atoms with Crippen molar-refractivity contribution in [1.29, 1.82) is 0 Å². The van der Waals surface area contributed by atoms with Gasteiger partial charge in [-0.15, -0.1) is 0 Å². The van der Waals surface area contributed by atoms with Crippen LogP contribution in [0.5, 0.6) is 11.5 Å². The molecule has 1 aliphatic heterocycles. The largest absolute Gasteiger partial charge is 0.479 e. The summed E-state index contributed by atoms with van der Waals surface area (Å²) in [6.45, 7) is 1.76. The van der Waals surface area contributed by atoms with E-state index >= 15 is 0 Å². The molecule has 1 heterocycles. The van der Waals surface area contributed by atoms with Gasteiger partial charge in [-0.1, -0.05) is 43.3 Å². The molecule has 124 valence electrons. The molecule has 1 amide bonds. The van der Waals surface area contributed by atoms with Crippen LogP contribution in [0.2, 0.25) is 0 Å². The lowest BCUT2D eigenvalue weighted by atomic mass is 9.86. The minimum atomic E-state index is -1.51. The number of carbonyl (C=O) groups excluding carboxylic acids is 1. The molecule has 0 saturated carbocycles. The summed E-state index contributed by atoms with van der Waals surface area (Å²) in [6, 6.07) is 13.6. The van der Waals surface area contributed by atoms with Crippen molar-refractivity contribution in [3.8, 4) is 11.5 Å². The van der Waals surface area contributed by atoms with Gasteiger partial charge >= 0.3 is 5.97 Å². The van der Waals surface area contributed by atoms with E-state index in [1.807, 2.05) is 0 Å². The standard InChI is InChI=1S/C18H17NO5/c1-2-18(17(21)22,12-7-4-3-5-8-12)19-16(20)13-9-6-10-14-15(13)24-11-23-14/h3-10H,2,11H2,1H3,(H,19,20)(H,21,22). The van der Waals surface area contributed by atoms with Crippen LogP contribution in [0.4, 0.5) is 0 Å². The number of amides is 1. The Hall–Kier alpha value is -3.02. The zero-order valence-electron chi connectivity index (χ0n) is 13.1. The highest BCUT2D eigenvalue weighted by atomic mass is 16.7. The predicted octanol–water partition coefficient (Wildman–Crippen LogP) is 2.54. The zero-order valence-corrected chi connectivity index (χ0v) is 13.1. The number of hydrogen-bond acceptors (Lipinski definition) is 4. The molecule has 2 aromatic carbocycles. The van der Waals surface area contributed by atoms with Crippen LogP contribution >= 0.6 is 0 Å². The van der Waals surface area contributed by atoms with E-state index in [2.05, 4.69) is 5.32 Å². The molecule has 6 heteroatoms. The summed E-state index contributed by atoms with van der Waals surface area (Å²) in [4.78, 5) is 24.7. The maximum absolute atomic E-state index is 12.7. The average Bonchev–Trinajstić information content (AvgIpc) is 3.08. The maximum Gasteiger partial charge on any atom is 0.334 e. The van der Waals surface area contributed by atoms with E-state index in [0.717, 1.165) is 0 Å². The SMILES string of the molecule is CCC(NC(=O)c1cccc2c1OCO2)(C(=O)O)c1ccccc1. The first-order chi connectivity index (χ1) is 11.6. The molecule has 0 bridgehead atoms. The Labute approximate surface area is 139 Å². The molecule has 1 atom stereocenters. The normalized spacial score (nSPS) is 14.7. The lowest BCUT2D eigenvalue weighted by Crippen LogP contribution is -2.51. The second kappa shape index (κ2) is 6.23. The Bertz CT molecular complexity index is 774. The highest BCUT2D eigenvalue weighted by Crippen LogP contribution is 2.36. The highest BCUT2D eigenvalue weighted by Gasteiger charge is 2.41. The number of rotatable bonds is 5. The van der Waals surface area contributed by atoms with E-state index in [1.165, 1.54) is 0 Å². The predicted molar refractivity (Wildman–Crippen MR) is 86.1 cm³/mol. The molecular weight excluding hydrogens is 310 g/mol. The van der Waals surface area contributed by atoms with Crippen molar-refractivity contribution < 1.29 is 24.2 Å². The van der Waals surface area contributed by atoms with Gasteiger partial charge in [-0.2, -0.15) is 0 Å². The Morgan fingerprint density at radius 1 is 1.12 bits per heavy atom. The summed E-state index contributed by atoms with van der Waals surface area (Å²) in [7, 11) is 0. The minimum absolute atomic E-state index is 0.0379. The fourth-order valence-electron chi connectivity index (χ4n) is 2.79. The number of nitrogens with one attached hydrogen (secondary N) is 1. The molecule has 0 saturated heterocycles. The van der Waals surface area contributed by atoms with E-state index in [-0.39, 0.29) is 18.8 Å². The summed E-state index contributed by atoms with van der Waals surface area (Å²) in [5.74, 6) is -0.835. The van der Waals surface area contributed by atoms with Gasteiger partial charge in [0.2, 0.25) is 6.79 Å². The monoisotopic (exact) mass is 327 g/mol. The van der Waals surface area contributed by atoms with Gasteiger partial charge in [0.1, 0.15) is 0 Å². The van der Waals surface area contributed by atoms with Gasteiger partial charge < -0.3 is 19.9 Å². The third-order valence-corrected chi connectivity index (χ3v) is 4.13. The van der Waals surface area contributed by atoms with Gasteiger partial charge in [-0.25, -0.2) is 4.79 Å². The third kappa shape index (κ3) is 2.56. The van der Waals surface area contributed by atoms with E-state index in [0.29, 0.717) is 17.1 Å². The number of ether oxygens (including phenoxy) is 2. The van der Waals surface area contributed by atoms with Crippen LogP contribution in [0, 0.1) is 0 Å². The van der Waals surface area contributed by atoms with E-state index in [1.54, 1.807) is 55.5 Å². The molecule has 6 nitrogen and oxygen atoms in total. The first kappa shape index (κ1) is 15.9. The first-order valence-corrected chi connectivity index (χ1v) is 7.58. The van der Waals surface area contributed by atoms with Crippen LogP contribution < -0.4 is 14.8 Å². The van der Waals surface area contributed by atoms with Crippen molar-refractivity contribution in [2.45, 2.75) is 18.9 Å². The van der Waals surface area contributed by atoms with Gasteiger partial charge in [0, 0.05) is 0 Å². The molecule has 0 fully saturated rings. The smallest absolute Gasteiger partial charge is 0.334 e. The zero-order chi connectivity index (χ0) is 17.2. The summed E-state index contributed by atoms with van der Waals surface area (Å²) in [5.41, 5.74) is -0.751. The summed E-state index contributed by atoms with van der Waals surface area (Å²) in [6.07, 6.45) is 0.199. The summed E-state index contributed by atoms with van der Waals surface area (Å²) >= 11 is 0. The number of para-hydroxylation sites is 1. The summed E-state index contributed by atoms with van der Waals surface area (Å²) < 4.78 is 10.6. The number of hydrogen-bond donors (Lipinski definition) is 2. The highest BCUT2D eigenvalue weighted by molar-refractivity contribution is 6.01. The van der Waals surface area contributed by atoms with Gasteiger partial charge in [0.25, 0.3) is 5.91 Å². The number of carbonyl (C=O) groups is 2. The fourth-order valence-corrected chi connectivity index (χ4v) is 2.79.